The first-order valence-electron chi connectivity index (χ1n) is 5.55. The molecule has 90 valence electrons. The summed E-state index contributed by atoms with van der Waals surface area (Å²) in [6.45, 7) is 2.66. The van der Waals surface area contributed by atoms with Gasteiger partial charge in [-0.3, -0.25) is 4.98 Å². The highest BCUT2D eigenvalue weighted by molar-refractivity contribution is 7.98. The molecule has 3 nitrogen and oxygen atoms in total. The molecule has 0 aliphatic carbocycles. The highest BCUT2D eigenvalue weighted by Gasteiger charge is 2.09. The molecule has 1 rings (SSSR count). The van der Waals surface area contributed by atoms with Crippen molar-refractivity contribution in [2.45, 2.75) is 19.4 Å². The van der Waals surface area contributed by atoms with Gasteiger partial charge in [-0.05, 0) is 44.0 Å². The second-order valence-electron chi connectivity index (χ2n) is 3.51. The van der Waals surface area contributed by atoms with Crippen LogP contribution in [-0.2, 0) is 0 Å². The standard InChI is InChI=1S/C12H20N2OS/c1-4-15-11-7-10(8-14-9-11)12(13-2)5-6-16-3/h7-9,12-13H,4-6H2,1-3H3. The Morgan fingerprint density at radius 1 is 1.50 bits per heavy atom. The lowest BCUT2D eigenvalue weighted by Gasteiger charge is -2.16. The van der Waals surface area contributed by atoms with Crippen LogP contribution in [0.25, 0.3) is 0 Å². The van der Waals surface area contributed by atoms with Gasteiger partial charge in [0.2, 0.25) is 0 Å². The van der Waals surface area contributed by atoms with Crippen molar-refractivity contribution < 1.29 is 4.74 Å². The van der Waals surface area contributed by atoms with Crippen LogP contribution in [0.15, 0.2) is 18.5 Å². The Bertz CT molecular complexity index is 307. The molecular weight excluding hydrogens is 220 g/mol. The molecule has 1 heterocycles. The van der Waals surface area contributed by atoms with Gasteiger partial charge in [-0.15, -0.1) is 0 Å². The Balaban J connectivity index is 2.71. The quantitative estimate of drug-likeness (QED) is 0.794. The molecule has 1 N–H and O–H groups in total. The molecule has 4 heteroatoms. The average Bonchev–Trinajstić information content (AvgIpc) is 2.31. The Kier molecular flexibility index (Phi) is 6.26. The fraction of sp³-hybridized carbons (Fsp3) is 0.583. The maximum Gasteiger partial charge on any atom is 0.137 e. The second-order valence-corrected chi connectivity index (χ2v) is 4.50. The van der Waals surface area contributed by atoms with Crippen LogP contribution in [0.2, 0.25) is 0 Å². The van der Waals surface area contributed by atoms with Gasteiger partial charge in [0.15, 0.2) is 0 Å². The van der Waals surface area contributed by atoms with Crippen molar-refractivity contribution in [1.82, 2.24) is 10.3 Å². The number of pyridine rings is 1. The van der Waals surface area contributed by atoms with Gasteiger partial charge >= 0.3 is 0 Å². The van der Waals surface area contributed by atoms with Crippen molar-refractivity contribution >= 4 is 11.8 Å². The highest BCUT2D eigenvalue weighted by atomic mass is 32.2. The first-order chi connectivity index (χ1) is 7.81. The lowest BCUT2D eigenvalue weighted by atomic mass is 10.1. The number of hydrogen-bond donors (Lipinski definition) is 1. The molecule has 0 aromatic carbocycles. The maximum absolute atomic E-state index is 5.45. The van der Waals surface area contributed by atoms with E-state index in [1.165, 1.54) is 5.56 Å². The van der Waals surface area contributed by atoms with Gasteiger partial charge in [0, 0.05) is 12.2 Å². The Labute approximate surface area is 102 Å². The van der Waals surface area contributed by atoms with E-state index < -0.39 is 0 Å². The number of aromatic nitrogens is 1. The molecule has 0 aliphatic rings. The predicted octanol–water partition coefficient (Wildman–Crippen LogP) is 2.49. The Morgan fingerprint density at radius 2 is 2.31 bits per heavy atom. The van der Waals surface area contributed by atoms with Crippen molar-refractivity contribution in [1.29, 1.82) is 0 Å². The van der Waals surface area contributed by atoms with Crippen molar-refractivity contribution in [2.24, 2.45) is 0 Å². The molecule has 0 bridgehead atoms. The first kappa shape index (κ1) is 13.3. The molecule has 1 aromatic rings. The number of ether oxygens (including phenoxy) is 1. The van der Waals surface area contributed by atoms with Crippen LogP contribution in [0.3, 0.4) is 0 Å². The number of rotatable bonds is 7. The van der Waals surface area contributed by atoms with E-state index in [0.717, 1.165) is 17.9 Å². The average molecular weight is 240 g/mol. The van der Waals surface area contributed by atoms with E-state index in [0.29, 0.717) is 12.6 Å². The van der Waals surface area contributed by atoms with E-state index in [2.05, 4.69) is 22.6 Å². The van der Waals surface area contributed by atoms with E-state index in [1.54, 1.807) is 6.20 Å². The number of thioether (sulfide) groups is 1. The summed E-state index contributed by atoms with van der Waals surface area (Å²) in [5, 5.41) is 3.31. The largest absolute Gasteiger partial charge is 0.492 e. The molecule has 0 fully saturated rings. The molecule has 0 saturated heterocycles. The van der Waals surface area contributed by atoms with Crippen LogP contribution in [0.1, 0.15) is 24.9 Å². The van der Waals surface area contributed by atoms with Gasteiger partial charge in [-0.2, -0.15) is 11.8 Å². The smallest absolute Gasteiger partial charge is 0.137 e. The van der Waals surface area contributed by atoms with Gasteiger partial charge in [0.25, 0.3) is 0 Å². The summed E-state index contributed by atoms with van der Waals surface area (Å²) in [7, 11) is 1.98. The monoisotopic (exact) mass is 240 g/mol. The number of hydrogen-bond acceptors (Lipinski definition) is 4. The Morgan fingerprint density at radius 3 is 2.94 bits per heavy atom. The molecule has 0 amide bonds. The molecule has 1 unspecified atom stereocenters. The zero-order valence-electron chi connectivity index (χ0n) is 10.2. The number of nitrogens with one attached hydrogen (secondary N) is 1. The van der Waals surface area contributed by atoms with Gasteiger partial charge in [-0.1, -0.05) is 0 Å². The van der Waals surface area contributed by atoms with Crippen molar-refractivity contribution in [3.8, 4) is 5.75 Å². The molecular formula is C12H20N2OS. The zero-order valence-corrected chi connectivity index (χ0v) is 11.0. The fourth-order valence-electron chi connectivity index (χ4n) is 1.59. The van der Waals surface area contributed by atoms with Gasteiger partial charge < -0.3 is 10.1 Å². The minimum Gasteiger partial charge on any atom is -0.492 e. The summed E-state index contributed by atoms with van der Waals surface area (Å²) in [6, 6.07) is 2.43. The minimum atomic E-state index is 0.361. The van der Waals surface area contributed by atoms with E-state index >= 15 is 0 Å². The number of nitrogens with zero attached hydrogens (tertiary/aromatic N) is 1. The third-order valence-corrected chi connectivity index (χ3v) is 3.05. The predicted molar refractivity (Wildman–Crippen MR) is 70.2 cm³/mol. The normalized spacial score (nSPS) is 12.4. The highest BCUT2D eigenvalue weighted by Crippen LogP contribution is 2.21. The molecule has 0 aliphatic heterocycles. The van der Waals surface area contributed by atoms with Gasteiger partial charge in [0.1, 0.15) is 5.75 Å². The second kappa shape index (κ2) is 7.52. The summed E-state index contributed by atoms with van der Waals surface area (Å²) in [5.74, 6) is 1.99. The molecule has 1 atom stereocenters. The Hall–Kier alpha value is -0.740. The SMILES string of the molecule is CCOc1cncc(C(CCSC)NC)c1. The van der Waals surface area contributed by atoms with E-state index in [1.807, 2.05) is 31.9 Å². The molecule has 0 saturated carbocycles. The van der Waals surface area contributed by atoms with E-state index in [-0.39, 0.29) is 0 Å². The van der Waals surface area contributed by atoms with Gasteiger partial charge in [-0.25, -0.2) is 0 Å². The van der Waals surface area contributed by atoms with Crippen LogP contribution < -0.4 is 10.1 Å². The van der Waals surface area contributed by atoms with E-state index in [9.17, 15) is 0 Å². The maximum atomic E-state index is 5.45. The van der Waals surface area contributed by atoms with Crippen LogP contribution in [0.4, 0.5) is 0 Å². The summed E-state index contributed by atoms with van der Waals surface area (Å²) in [5.41, 5.74) is 1.20. The summed E-state index contributed by atoms with van der Waals surface area (Å²) >= 11 is 1.86. The zero-order chi connectivity index (χ0) is 11.8. The van der Waals surface area contributed by atoms with Crippen LogP contribution >= 0.6 is 11.8 Å². The topological polar surface area (TPSA) is 34.1 Å². The summed E-state index contributed by atoms with van der Waals surface area (Å²) in [4.78, 5) is 4.21. The summed E-state index contributed by atoms with van der Waals surface area (Å²) in [6.07, 6.45) is 6.90. The molecule has 0 spiro atoms. The minimum absolute atomic E-state index is 0.361. The molecule has 1 aromatic heterocycles. The van der Waals surface area contributed by atoms with E-state index in [4.69, 9.17) is 4.74 Å². The first-order valence-corrected chi connectivity index (χ1v) is 6.95. The lowest BCUT2D eigenvalue weighted by Crippen LogP contribution is -2.17. The third kappa shape index (κ3) is 4.02. The van der Waals surface area contributed by atoms with Crippen molar-refractivity contribution in [3.63, 3.8) is 0 Å². The van der Waals surface area contributed by atoms with Gasteiger partial charge in [0.05, 0.1) is 12.8 Å². The van der Waals surface area contributed by atoms with Crippen LogP contribution in [-0.4, -0.2) is 30.6 Å². The van der Waals surface area contributed by atoms with Crippen molar-refractivity contribution in [2.75, 3.05) is 25.7 Å². The molecule has 0 radical (unpaired) electrons. The van der Waals surface area contributed by atoms with Crippen molar-refractivity contribution in [3.05, 3.63) is 24.0 Å². The van der Waals surface area contributed by atoms with Crippen LogP contribution in [0.5, 0.6) is 5.75 Å². The fourth-order valence-corrected chi connectivity index (χ4v) is 2.06. The third-order valence-electron chi connectivity index (χ3n) is 2.41. The molecule has 16 heavy (non-hydrogen) atoms. The lowest BCUT2D eigenvalue weighted by molar-refractivity contribution is 0.338. The summed E-state index contributed by atoms with van der Waals surface area (Å²) < 4.78 is 5.45. The van der Waals surface area contributed by atoms with Crippen LogP contribution in [0, 0.1) is 0 Å².